The number of hydrogen-bond donors (Lipinski definition) is 1. The number of fused-ring (bicyclic) bond motifs is 1. The zero-order valence-electron chi connectivity index (χ0n) is 15.4. The molecule has 28 heavy (non-hydrogen) atoms. The Kier molecular flexibility index (Phi) is 4.52. The molecule has 0 spiro atoms. The van der Waals surface area contributed by atoms with Gasteiger partial charge in [-0.2, -0.15) is 8.78 Å². The molecule has 2 aliphatic heterocycles. The second-order valence-electron chi connectivity index (χ2n) is 7.71. The van der Waals surface area contributed by atoms with E-state index in [1.807, 2.05) is 24.1 Å². The summed E-state index contributed by atoms with van der Waals surface area (Å²) in [5, 5.41) is 9.58. The average molecular weight is 404 g/mol. The number of aliphatic hydroxyl groups is 1. The van der Waals surface area contributed by atoms with E-state index in [1.165, 1.54) is 6.42 Å². The molecule has 1 aromatic carbocycles. The smallest absolute Gasteiger partial charge is 0.290 e. The first kappa shape index (κ1) is 18.3. The number of halogens is 2. The molecule has 0 radical (unpaired) electrons. The molecule has 0 unspecified atom stereocenters. The number of benzene rings is 1. The van der Waals surface area contributed by atoms with Gasteiger partial charge in [0.25, 0.3) is 5.92 Å². The lowest BCUT2D eigenvalue weighted by Crippen LogP contribution is -2.51. The fourth-order valence-electron chi connectivity index (χ4n) is 4.06. The molecule has 3 heterocycles. The number of anilines is 1. The fourth-order valence-corrected chi connectivity index (χ4v) is 5.07. The van der Waals surface area contributed by atoms with Gasteiger partial charge in [-0.15, -0.1) is 0 Å². The molecule has 2 fully saturated rings. The van der Waals surface area contributed by atoms with Gasteiger partial charge in [-0.25, -0.2) is 14.3 Å². The van der Waals surface area contributed by atoms with Crippen LogP contribution in [0.2, 0.25) is 0 Å². The lowest BCUT2D eigenvalue weighted by Gasteiger charge is -2.36. The minimum atomic E-state index is -2.92. The highest BCUT2D eigenvalue weighted by Gasteiger charge is 2.44. The van der Waals surface area contributed by atoms with Crippen LogP contribution in [0.25, 0.3) is 11.3 Å². The summed E-state index contributed by atoms with van der Waals surface area (Å²) < 4.78 is 31.3. The van der Waals surface area contributed by atoms with Crippen molar-refractivity contribution < 1.29 is 13.9 Å². The molecule has 0 amide bonds. The molecule has 1 N–H and O–H groups in total. The number of aliphatic hydroxyl groups excluding tert-OH is 1. The van der Waals surface area contributed by atoms with Crippen molar-refractivity contribution in [3.63, 3.8) is 0 Å². The molecule has 3 aliphatic rings. The first-order valence-electron chi connectivity index (χ1n) is 9.69. The molecule has 5 rings (SSSR count). The highest BCUT2D eigenvalue weighted by molar-refractivity contribution is 7.97. The normalized spacial score (nSPS) is 21.8. The fraction of sp³-hybridized carbons (Fsp3) is 0.500. The molecule has 0 atom stereocenters. The first-order chi connectivity index (χ1) is 13.5. The van der Waals surface area contributed by atoms with Crippen LogP contribution in [0.15, 0.2) is 24.3 Å². The zero-order valence-corrected chi connectivity index (χ0v) is 16.3. The molecule has 0 bridgehead atoms. The van der Waals surface area contributed by atoms with Gasteiger partial charge in [0.1, 0.15) is 5.69 Å². The Bertz CT molecular complexity index is 898. The van der Waals surface area contributed by atoms with Gasteiger partial charge in [-0.3, -0.25) is 0 Å². The van der Waals surface area contributed by atoms with Gasteiger partial charge >= 0.3 is 0 Å². The second kappa shape index (κ2) is 6.93. The highest BCUT2D eigenvalue weighted by atomic mass is 32.2. The van der Waals surface area contributed by atoms with Crippen LogP contribution >= 0.6 is 11.9 Å². The van der Waals surface area contributed by atoms with Crippen molar-refractivity contribution in [1.82, 2.24) is 14.3 Å². The Hall–Kier alpha value is -1.77. The van der Waals surface area contributed by atoms with Crippen LogP contribution in [-0.4, -0.2) is 50.9 Å². The lowest BCUT2D eigenvalue weighted by molar-refractivity contribution is -0.00596. The van der Waals surface area contributed by atoms with Crippen LogP contribution in [0, 0.1) is 0 Å². The Morgan fingerprint density at radius 2 is 2.11 bits per heavy atom. The third-order valence-electron chi connectivity index (χ3n) is 5.56. The minimum absolute atomic E-state index is 0.144. The second-order valence-corrected chi connectivity index (χ2v) is 8.90. The average Bonchev–Trinajstić information content (AvgIpc) is 3.26. The van der Waals surface area contributed by atoms with Gasteiger partial charge < -0.3 is 10.0 Å². The van der Waals surface area contributed by atoms with Crippen molar-refractivity contribution in [2.24, 2.45) is 0 Å². The summed E-state index contributed by atoms with van der Waals surface area (Å²) in [6, 6.07) is 8.05. The number of aromatic nitrogens is 2. The van der Waals surface area contributed by atoms with E-state index in [-0.39, 0.29) is 18.5 Å². The van der Waals surface area contributed by atoms with E-state index < -0.39 is 12.0 Å². The largest absolute Gasteiger partial charge is 0.389 e. The molecule has 8 heteroatoms. The topological polar surface area (TPSA) is 52.5 Å². The van der Waals surface area contributed by atoms with Gasteiger partial charge in [0, 0.05) is 49.5 Å². The summed E-state index contributed by atoms with van der Waals surface area (Å²) in [6.45, 7) is 2.69. The Morgan fingerprint density at radius 3 is 2.86 bits per heavy atom. The van der Waals surface area contributed by atoms with Gasteiger partial charge in [0.2, 0.25) is 5.95 Å². The Balaban J connectivity index is 1.54. The quantitative estimate of drug-likeness (QED) is 0.790. The van der Waals surface area contributed by atoms with Crippen molar-refractivity contribution in [1.29, 1.82) is 0 Å². The monoisotopic (exact) mass is 404 g/mol. The first-order valence-corrected chi connectivity index (χ1v) is 10.6. The summed E-state index contributed by atoms with van der Waals surface area (Å²) in [5.41, 5.74) is 3.04. The van der Waals surface area contributed by atoms with Gasteiger partial charge in [0.05, 0.1) is 11.8 Å². The van der Waals surface area contributed by atoms with E-state index in [9.17, 15) is 13.9 Å². The van der Waals surface area contributed by atoms with Crippen LogP contribution in [0.5, 0.6) is 0 Å². The van der Waals surface area contributed by atoms with Gasteiger partial charge in [-0.1, -0.05) is 30.1 Å². The summed E-state index contributed by atoms with van der Waals surface area (Å²) in [6.07, 6.45) is 0.818. The van der Waals surface area contributed by atoms with Crippen molar-refractivity contribution >= 4 is 17.9 Å². The zero-order chi connectivity index (χ0) is 19.3. The summed E-state index contributed by atoms with van der Waals surface area (Å²) in [4.78, 5) is 10.6. The molecular weight excluding hydrogens is 382 g/mol. The molecule has 0 saturated carbocycles. The summed E-state index contributed by atoms with van der Waals surface area (Å²) >= 11 is 1.85. The molecule has 148 valence electrons. The van der Waals surface area contributed by atoms with Crippen LogP contribution in [0.3, 0.4) is 0 Å². The predicted octanol–water partition coefficient (Wildman–Crippen LogP) is 3.22. The van der Waals surface area contributed by atoms with Crippen molar-refractivity contribution in [3.8, 4) is 11.3 Å². The number of nitrogens with zero attached hydrogens (tertiary/aromatic N) is 4. The number of rotatable bonds is 4. The van der Waals surface area contributed by atoms with E-state index in [2.05, 4.69) is 26.4 Å². The number of hydrogen-bond acceptors (Lipinski definition) is 6. The standard InChI is InChI=1S/C20H22F2N4OS/c21-20(22)6-5-16-17(23-19(24-18(16)20)25-11-15(27)12-25)14-4-1-3-13(9-14)10-26-7-2-8-28-26/h1,3-4,9,15,27H,2,5-8,10-12H2. The van der Waals surface area contributed by atoms with Crippen LogP contribution in [-0.2, 0) is 18.9 Å². The molecule has 5 nitrogen and oxygen atoms in total. The lowest BCUT2D eigenvalue weighted by atomic mass is 10.0. The van der Waals surface area contributed by atoms with Crippen molar-refractivity contribution in [3.05, 3.63) is 41.1 Å². The summed E-state index contributed by atoms with van der Waals surface area (Å²) in [7, 11) is 0. The van der Waals surface area contributed by atoms with E-state index in [0.29, 0.717) is 30.3 Å². The van der Waals surface area contributed by atoms with Crippen LogP contribution < -0.4 is 4.90 Å². The van der Waals surface area contributed by atoms with Crippen LogP contribution in [0.1, 0.15) is 29.7 Å². The summed E-state index contributed by atoms with van der Waals surface area (Å²) in [5.74, 6) is -1.48. The van der Waals surface area contributed by atoms with E-state index >= 15 is 0 Å². The Labute approximate surface area is 166 Å². The molecular formula is C20H22F2N4OS. The third kappa shape index (κ3) is 3.27. The molecule has 2 aromatic rings. The predicted molar refractivity (Wildman–Crippen MR) is 105 cm³/mol. The maximum Gasteiger partial charge on any atom is 0.290 e. The SMILES string of the molecule is OC1CN(c2nc(-c3cccc(CN4CCCS4)c3)c3c(n2)C(F)(F)CC3)C1. The Morgan fingerprint density at radius 1 is 1.25 bits per heavy atom. The van der Waals surface area contributed by atoms with Crippen LogP contribution in [0.4, 0.5) is 14.7 Å². The third-order valence-corrected chi connectivity index (χ3v) is 6.71. The highest BCUT2D eigenvalue weighted by Crippen LogP contribution is 2.44. The molecule has 1 aliphatic carbocycles. The number of β-amino-alcohol motifs (C(OH)–C–C–N with tert-alkyl or cyclic N) is 1. The molecule has 2 saturated heterocycles. The maximum absolute atomic E-state index is 14.5. The van der Waals surface area contributed by atoms with Gasteiger partial charge in [0.15, 0.2) is 0 Å². The maximum atomic E-state index is 14.5. The minimum Gasteiger partial charge on any atom is -0.389 e. The number of alkyl halides is 2. The van der Waals surface area contributed by atoms with Crippen molar-refractivity contribution in [2.45, 2.75) is 37.8 Å². The van der Waals surface area contributed by atoms with Gasteiger partial charge in [-0.05, 0) is 24.5 Å². The van der Waals surface area contributed by atoms with E-state index in [4.69, 9.17) is 0 Å². The van der Waals surface area contributed by atoms with Crippen molar-refractivity contribution in [2.75, 3.05) is 30.3 Å². The van der Waals surface area contributed by atoms with E-state index in [0.717, 1.165) is 30.0 Å². The molecule has 1 aromatic heterocycles. The van der Waals surface area contributed by atoms with E-state index in [1.54, 1.807) is 4.90 Å².